The van der Waals surface area contributed by atoms with Gasteiger partial charge in [-0.1, -0.05) is 19.9 Å². The molecule has 134 valence electrons. The Hall–Kier alpha value is -1.40. The molecule has 1 saturated heterocycles. The predicted molar refractivity (Wildman–Crippen MR) is 98.3 cm³/mol. The van der Waals surface area contributed by atoms with Crippen molar-refractivity contribution in [3.63, 3.8) is 0 Å². The molecule has 1 aliphatic rings. The molecule has 0 saturated carbocycles. The Morgan fingerprint density at radius 2 is 2.04 bits per heavy atom. The third-order valence-electron chi connectivity index (χ3n) is 4.38. The maximum Gasteiger partial charge on any atom is 0.264 e. The Morgan fingerprint density at radius 1 is 1.33 bits per heavy atom. The third-order valence-corrected chi connectivity index (χ3v) is 5.24. The average Bonchev–Trinajstić information content (AvgIpc) is 3.04. The van der Waals surface area contributed by atoms with Crippen LogP contribution in [0, 0.1) is 11.8 Å². The van der Waals surface area contributed by atoms with Crippen LogP contribution in [0.2, 0.25) is 0 Å². The van der Waals surface area contributed by atoms with Crippen LogP contribution in [0.5, 0.6) is 0 Å². The number of amides is 2. The van der Waals surface area contributed by atoms with Crippen LogP contribution in [0.25, 0.3) is 0 Å². The molecular weight excluding hydrogens is 322 g/mol. The Labute approximate surface area is 149 Å². The fourth-order valence-corrected chi connectivity index (χ4v) is 4.15. The SMILES string of the molecule is C[C@H]1C[C@H](C)CN(CCCNC(=O)CN(C)C(=O)c2cccs2)C1. The summed E-state index contributed by atoms with van der Waals surface area (Å²) < 4.78 is 0. The topological polar surface area (TPSA) is 52.7 Å². The predicted octanol–water partition coefficient (Wildman–Crippen LogP) is 2.30. The van der Waals surface area contributed by atoms with E-state index in [4.69, 9.17) is 0 Å². The molecule has 0 aromatic carbocycles. The van der Waals surface area contributed by atoms with Gasteiger partial charge in [0.15, 0.2) is 0 Å². The lowest BCUT2D eigenvalue weighted by Crippen LogP contribution is -2.41. The van der Waals surface area contributed by atoms with Gasteiger partial charge < -0.3 is 15.1 Å². The summed E-state index contributed by atoms with van der Waals surface area (Å²) in [4.78, 5) is 28.7. The van der Waals surface area contributed by atoms with Crippen molar-refractivity contribution in [1.82, 2.24) is 15.1 Å². The van der Waals surface area contributed by atoms with E-state index in [-0.39, 0.29) is 18.4 Å². The maximum absolute atomic E-state index is 12.1. The standard InChI is InChI=1S/C18H29N3O2S/c1-14-10-15(2)12-21(11-14)8-5-7-19-17(22)13-20(3)18(23)16-6-4-9-24-16/h4,6,9,14-15H,5,7-8,10-13H2,1-3H3,(H,19,22)/t14-,15-/m0/s1. The van der Waals surface area contributed by atoms with Crippen molar-refractivity contribution in [2.75, 3.05) is 39.8 Å². The zero-order chi connectivity index (χ0) is 17.5. The molecule has 24 heavy (non-hydrogen) atoms. The number of likely N-dealkylation sites (tertiary alicyclic amines) is 1. The zero-order valence-electron chi connectivity index (χ0n) is 15.0. The lowest BCUT2D eigenvalue weighted by Gasteiger charge is -2.34. The van der Waals surface area contributed by atoms with Crippen LogP contribution in [0.15, 0.2) is 17.5 Å². The number of likely N-dealkylation sites (N-methyl/N-ethyl adjacent to an activating group) is 1. The first kappa shape index (κ1) is 18.9. The highest BCUT2D eigenvalue weighted by atomic mass is 32.1. The second-order valence-corrected chi connectivity index (χ2v) is 8.00. The van der Waals surface area contributed by atoms with Gasteiger partial charge >= 0.3 is 0 Å². The smallest absolute Gasteiger partial charge is 0.264 e. The normalized spacial score (nSPS) is 21.5. The number of piperidine rings is 1. The molecule has 0 spiro atoms. The minimum absolute atomic E-state index is 0.0946. The molecule has 5 nitrogen and oxygen atoms in total. The number of nitrogens with zero attached hydrogens (tertiary/aromatic N) is 2. The summed E-state index contributed by atoms with van der Waals surface area (Å²) in [5.41, 5.74) is 0. The second-order valence-electron chi connectivity index (χ2n) is 7.05. The van der Waals surface area contributed by atoms with Crippen molar-refractivity contribution < 1.29 is 9.59 Å². The largest absolute Gasteiger partial charge is 0.355 e. The molecule has 0 radical (unpaired) electrons. The molecule has 1 aromatic heterocycles. The van der Waals surface area contributed by atoms with Crippen LogP contribution in [-0.4, -0.2) is 61.4 Å². The zero-order valence-corrected chi connectivity index (χ0v) is 15.8. The van der Waals surface area contributed by atoms with Crippen molar-refractivity contribution in [1.29, 1.82) is 0 Å². The fourth-order valence-electron chi connectivity index (χ4n) is 3.44. The van der Waals surface area contributed by atoms with Crippen LogP contribution in [0.1, 0.15) is 36.4 Å². The van der Waals surface area contributed by atoms with Gasteiger partial charge in [0, 0.05) is 26.7 Å². The summed E-state index contributed by atoms with van der Waals surface area (Å²) in [5, 5.41) is 4.78. The molecule has 0 bridgehead atoms. The number of thiophene rings is 1. The van der Waals surface area contributed by atoms with Crippen molar-refractivity contribution in [2.24, 2.45) is 11.8 Å². The van der Waals surface area contributed by atoms with E-state index < -0.39 is 0 Å². The van der Waals surface area contributed by atoms with Crippen LogP contribution >= 0.6 is 11.3 Å². The van der Waals surface area contributed by atoms with Gasteiger partial charge in [-0.3, -0.25) is 9.59 Å². The summed E-state index contributed by atoms with van der Waals surface area (Å²) in [6.07, 6.45) is 2.27. The second kappa shape index (κ2) is 9.18. The number of nitrogens with one attached hydrogen (secondary N) is 1. The minimum atomic E-state index is -0.101. The molecule has 1 aliphatic heterocycles. The Bertz CT molecular complexity index is 522. The maximum atomic E-state index is 12.1. The monoisotopic (exact) mass is 351 g/mol. The van der Waals surface area contributed by atoms with Crippen LogP contribution in [-0.2, 0) is 4.79 Å². The van der Waals surface area contributed by atoms with E-state index >= 15 is 0 Å². The van der Waals surface area contributed by atoms with Crippen LogP contribution in [0.3, 0.4) is 0 Å². The quantitative estimate of drug-likeness (QED) is 0.767. The fraction of sp³-hybridized carbons (Fsp3) is 0.667. The van der Waals surface area contributed by atoms with E-state index in [1.807, 2.05) is 11.4 Å². The molecule has 1 aromatic rings. The van der Waals surface area contributed by atoms with Gasteiger partial charge in [-0.2, -0.15) is 0 Å². The molecular formula is C18H29N3O2S. The molecule has 1 N–H and O–H groups in total. The first-order valence-corrected chi connectivity index (χ1v) is 9.61. The molecule has 0 unspecified atom stereocenters. The first-order valence-electron chi connectivity index (χ1n) is 8.73. The van der Waals surface area contributed by atoms with Gasteiger partial charge in [-0.05, 0) is 42.7 Å². The van der Waals surface area contributed by atoms with Gasteiger partial charge in [-0.15, -0.1) is 11.3 Å². The van der Waals surface area contributed by atoms with Crippen molar-refractivity contribution >= 4 is 23.2 Å². The number of hydrogen-bond donors (Lipinski definition) is 1. The lowest BCUT2D eigenvalue weighted by atomic mass is 9.92. The Kier molecular flexibility index (Phi) is 7.24. The van der Waals surface area contributed by atoms with Crippen molar-refractivity contribution in [2.45, 2.75) is 26.7 Å². The van der Waals surface area contributed by atoms with Gasteiger partial charge in [0.2, 0.25) is 5.91 Å². The number of carbonyl (C=O) groups excluding carboxylic acids is 2. The van der Waals surface area contributed by atoms with E-state index in [2.05, 4.69) is 24.1 Å². The number of hydrogen-bond acceptors (Lipinski definition) is 4. The Morgan fingerprint density at radius 3 is 2.67 bits per heavy atom. The van der Waals surface area contributed by atoms with Gasteiger partial charge in [-0.25, -0.2) is 0 Å². The van der Waals surface area contributed by atoms with E-state index in [0.29, 0.717) is 11.4 Å². The van der Waals surface area contributed by atoms with E-state index in [1.54, 1.807) is 13.1 Å². The molecule has 6 heteroatoms. The van der Waals surface area contributed by atoms with Crippen LogP contribution < -0.4 is 5.32 Å². The van der Waals surface area contributed by atoms with E-state index in [9.17, 15) is 9.59 Å². The number of carbonyl (C=O) groups is 2. The summed E-state index contributed by atoms with van der Waals surface area (Å²) in [6.45, 7) is 8.75. The third kappa shape index (κ3) is 5.91. The van der Waals surface area contributed by atoms with Crippen molar-refractivity contribution in [3.05, 3.63) is 22.4 Å². The van der Waals surface area contributed by atoms with E-state index in [0.717, 1.165) is 37.9 Å². The Balaban J connectivity index is 1.62. The molecule has 0 aliphatic carbocycles. The van der Waals surface area contributed by atoms with Crippen LogP contribution in [0.4, 0.5) is 0 Å². The van der Waals surface area contributed by atoms with Gasteiger partial charge in [0.05, 0.1) is 11.4 Å². The van der Waals surface area contributed by atoms with Gasteiger partial charge in [0.1, 0.15) is 0 Å². The molecule has 2 rings (SSSR count). The summed E-state index contributed by atoms with van der Waals surface area (Å²) in [7, 11) is 1.66. The average molecular weight is 352 g/mol. The minimum Gasteiger partial charge on any atom is -0.355 e. The first-order chi connectivity index (χ1) is 11.5. The molecule has 2 atom stereocenters. The lowest BCUT2D eigenvalue weighted by molar-refractivity contribution is -0.121. The molecule has 1 fully saturated rings. The number of rotatable bonds is 7. The highest BCUT2D eigenvalue weighted by Crippen LogP contribution is 2.20. The summed E-state index contributed by atoms with van der Waals surface area (Å²) in [6, 6.07) is 3.62. The summed E-state index contributed by atoms with van der Waals surface area (Å²) >= 11 is 1.40. The molecule has 2 amide bonds. The highest BCUT2D eigenvalue weighted by molar-refractivity contribution is 7.12. The summed E-state index contributed by atoms with van der Waals surface area (Å²) in [5.74, 6) is 1.33. The highest BCUT2D eigenvalue weighted by Gasteiger charge is 2.21. The van der Waals surface area contributed by atoms with E-state index in [1.165, 1.54) is 22.7 Å². The molecule has 2 heterocycles. The van der Waals surface area contributed by atoms with Crippen molar-refractivity contribution in [3.8, 4) is 0 Å². The van der Waals surface area contributed by atoms with Gasteiger partial charge in [0.25, 0.3) is 5.91 Å².